The molecule has 0 aliphatic carbocycles. The highest BCUT2D eigenvalue weighted by Gasteiger charge is 2.26. The number of carbonyl (C=O) groups is 2. The molecule has 6 heteroatoms. The van der Waals surface area contributed by atoms with E-state index >= 15 is 0 Å². The van der Waals surface area contributed by atoms with Crippen LogP contribution < -0.4 is 4.74 Å². The number of rotatable bonds is 5. The first kappa shape index (κ1) is 16.3. The van der Waals surface area contributed by atoms with Gasteiger partial charge in [-0.1, -0.05) is 18.2 Å². The van der Waals surface area contributed by atoms with Crippen LogP contribution >= 0.6 is 0 Å². The Bertz CT molecular complexity index is 539. The lowest BCUT2D eigenvalue weighted by Crippen LogP contribution is -2.52. The second-order valence-electron chi connectivity index (χ2n) is 5.52. The molecule has 1 amide bonds. The van der Waals surface area contributed by atoms with Crippen LogP contribution in [0.2, 0.25) is 0 Å². The van der Waals surface area contributed by atoms with Crippen LogP contribution in [0.25, 0.3) is 0 Å². The van der Waals surface area contributed by atoms with Crippen molar-refractivity contribution in [3.8, 4) is 5.75 Å². The van der Waals surface area contributed by atoms with E-state index in [2.05, 4.69) is 0 Å². The number of hydrogen-bond acceptors (Lipinski definition) is 4. The van der Waals surface area contributed by atoms with Crippen molar-refractivity contribution < 1.29 is 19.4 Å². The van der Waals surface area contributed by atoms with E-state index in [1.807, 2.05) is 36.1 Å². The van der Waals surface area contributed by atoms with Crippen LogP contribution in [-0.2, 0) is 9.59 Å². The molecule has 1 aromatic rings. The predicted molar refractivity (Wildman–Crippen MR) is 81.9 cm³/mol. The van der Waals surface area contributed by atoms with Crippen LogP contribution in [0.1, 0.15) is 12.5 Å². The molecule has 22 heavy (non-hydrogen) atoms. The van der Waals surface area contributed by atoms with Gasteiger partial charge in [-0.25, -0.2) is 0 Å². The van der Waals surface area contributed by atoms with Crippen molar-refractivity contribution in [3.05, 3.63) is 29.8 Å². The molecule has 0 saturated carbocycles. The molecule has 1 saturated heterocycles. The van der Waals surface area contributed by atoms with E-state index in [0.29, 0.717) is 31.9 Å². The summed E-state index contributed by atoms with van der Waals surface area (Å²) in [6.45, 7) is 5.94. The molecule has 1 aliphatic heterocycles. The van der Waals surface area contributed by atoms with E-state index in [-0.39, 0.29) is 12.5 Å². The fourth-order valence-corrected chi connectivity index (χ4v) is 2.50. The van der Waals surface area contributed by atoms with Crippen LogP contribution in [0.3, 0.4) is 0 Å². The van der Waals surface area contributed by atoms with Crippen molar-refractivity contribution in [1.29, 1.82) is 0 Å². The van der Waals surface area contributed by atoms with Gasteiger partial charge >= 0.3 is 5.97 Å². The Labute approximate surface area is 130 Å². The topological polar surface area (TPSA) is 70.1 Å². The number of piperazine rings is 1. The summed E-state index contributed by atoms with van der Waals surface area (Å²) < 4.78 is 5.75. The van der Waals surface area contributed by atoms with Gasteiger partial charge in [-0.15, -0.1) is 0 Å². The zero-order valence-corrected chi connectivity index (χ0v) is 13.0. The van der Waals surface area contributed by atoms with Crippen molar-refractivity contribution >= 4 is 11.9 Å². The number of benzene rings is 1. The lowest BCUT2D eigenvalue weighted by molar-refractivity contribution is -0.141. The Morgan fingerprint density at radius 1 is 1.23 bits per heavy atom. The Kier molecular flexibility index (Phi) is 5.38. The van der Waals surface area contributed by atoms with Gasteiger partial charge in [0.1, 0.15) is 5.75 Å². The molecule has 1 N–H and O–H groups in total. The van der Waals surface area contributed by atoms with Crippen molar-refractivity contribution in [2.75, 3.05) is 32.7 Å². The Morgan fingerprint density at radius 2 is 1.86 bits per heavy atom. The minimum Gasteiger partial charge on any atom is -0.481 e. The number of aryl methyl sites for hydroxylation is 1. The first-order valence-corrected chi connectivity index (χ1v) is 7.42. The van der Waals surface area contributed by atoms with Crippen LogP contribution in [0.5, 0.6) is 5.75 Å². The van der Waals surface area contributed by atoms with E-state index < -0.39 is 12.1 Å². The zero-order chi connectivity index (χ0) is 16.1. The third kappa shape index (κ3) is 4.21. The summed E-state index contributed by atoms with van der Waals surface area (Å²) in [6, 6.07) is 7.60. The highest BCUT2D eigenvalue weighted by molar-refractivity contribution is 5.81. The minimum absolute atomic E-state index is 0.0251. The molecular formula is C16H22N2O4. The van der Waals surface area contributed by atoms with Gasteiger partial charge < -0.3 is 14.7 Å². The van der Waals surface area contributed by atoms with Crippen LogP contribution in [0, 0.1) is 6.92 Å². The van der Waals surface area contributed by atoms with E-state index in [4.69, 9.17) is 9.84 Å². The molecule has 1 aromatic carbocycles. The summed E-state index contributed by atoms with van der Waals surface area (Å²) in [6.07, 6.45) is -0.549. The number of carboxylic acids is 1. The van der Waals surface area contributed by atoms with Gasteiger partial charge in [-0.2, -0.15) is 0 Å². The van der Waals surface area contributed by atoms with Crippen molar-refractivity contribution in [3.63, 3.8) is 0 Å². The first-order valence-electron chi connectivity index (χ1n) is 7.42. The summed E-state index contributed by atoms with van der Waals surface area (Å²) in [5.74, 6) is -0.179. The molecule has 0 spiro atoms. The molecule has 1 fully saturated rings. The normalized spacial score (nSPS) is 17.1. The molecule has 2 rings (SSSR count). The van der Waals surface area contributed by atoms with E-state index in [0.717, 1.165) is 5.56 Å². The SMILES string of the molecule is Cc1ccccc1O[C@H](C)C(=O)N1CCN(CC(=O)O)CC1. The van der Waals surface area contributed by atoms with Gasteiger partial charge in [0.15, 0.2) is 6.10 Å². The Balaban J connectivity index is 1.87. The molecule has 1 heterocycles. The van der Waals surface area contributed by atoms with Gasteiger partial charge in [-0.05, 0) is 25.5 Å². The quantitative estimate of drug-likeness (QED) is 0.878. The zero-order valence-electron chi connectivity index (χ0n) is 13.0. The number of amides is 1. The molecule has 1 atom stereocenters. The average molecular weight is 306 g/mol. The Hall–Kier alpha value is -2.08. The summed E-state index contributed by atoms with van der Waals surface area (Å²) in [7, 11) is 0. The maximum Gasteiger partial charge on any atom is 0.317 e. The average Bonchev–Trinajstić information content (AvgIpc) is 2.49. The van der Waals surface area contributed by atoms with Gasteiger partial charge in [0.05, 0.1) is 6.54 Å². The van der Waals surface area contributed by atoms with Gasteiger partial charge in [0.25, 0.3) is 5.91 Å². The summed E-state index contributed by atoms with van der Waals surface area (Å²) in [4.78, 5) is 26.7. The fraction of sp³-hybridized carbons (Fsp3) is 0.500. The van der Waals surface area contributed by atoms with E-state index in [1.165, 1.54) is 0 Å². The van der Waals surface area contributed by atoms with E-state index in [9.17, 15) is 9.59 Å². The standard InChI is InChI=1S/C16H22N2O4/c1-12-5-3-4-6-14(12)22-13(2)16(21)18-9-7-17(8-10-18)11-15(19)20/h3-6,13H,7-11H2,1-2H3,(H,19,20)/t13-/m1/s1. The molecule has 0 bridgehead atoms. The molecule has 0 unspecified atom stereocenters. The lowest BCUT2D eigenvalue weighted by Gasteiger charge is -2.35. The minimum atomic E-state index is -0.837. The van der Waals surface area contributed by atoms with Crippen molar-refractivity contribution in [2.24, 2.45) is 0 Å². The summed E-state index contributed by atoms with van der Waals surface area (Å²) >= 11 is 0. The largest absolute Gasteiger partial charge is 0.481 e. The second-order valence-corrected chi connectivity index (χ2v) is 5.52. The molecular weight excluding hydrogens is 284 g/mol. The number of ether oxygens (including phenoxy) is 1. The number of carbonyl (C=O) groups excluding carboxylic acids is 1. The second kappa shape index (κ2) is 7.26. The number of aliphatic carboxylic acids is 1. The summed E-state index contributed by atoms with van der Waals surface area (Å²) in [5.41, 5.74) is 0.994. The Morgan fingerprint density at radius 3 is 2.45 bits per heavy atom. The monoisotopic (exact) mass is 306 g/mol. The van der Waals surface area contributed by atoms with Crippen molar-refractivity contribution in [2.45, 2.75) is 20.0 Å². The maximum atomic E-state index is 12.4. The summed E-state index contributed by atoms with van der Waals surface area (Å²) in [5, 5.41) is 8.78. The number of carboxylic acid groups (broad SMARTS) is 1. The van der Waals surface area contributed by atoms with E-state index in [1.54, 1.807) is 11.8 Å². The predicted octanol–water partition coefficient (Wildman–Crippen LogP) is 0.991. The molecule has 0 radical (unpaired) electrons. The van der Waals surface area contributed by atoms with Gasteiger partial charge in [0.2, 0.25) is 0 Å². The third-order valence-electron chi connectivity index (χ3n) is 3.79. The lowest BCUT2D eigenvalue weighted by atomic mass is 10.2. The number of nitrogens with zero attached hydrogens (tertiary/aromatic N) is 2. The van der Waals surface area contributed by atoms with Crippen LogP contribution in [0.15, 0.2) is 24.3 Å². The molecule has 6 nitrogen and oxygen atoms in total. The first-order chi connectivity index (χ1) is 10.5. The third-order valence-corrected chi connectivity index (χ3v) is 3.79. The maximum absolute atomic E-state index is 12.4. The molecule has 1 aliphatic rings. The van der Waals surface area contributed by atoms with Gasteiger partial charge in [-0.3, -0.25) is 14.5 Å². The molecule has 120 valence electrons. The fourth-order valence-electron chi connectivity index (χ4n) is 2.50. The highest BCUT2D eigenvalue weighted by Crippen LogP contribution is 2.18. The number of hydrogen-bond donors (Lipinski definition) is 1. The van der Waals surface area contributed by atoms with Gasteiger partial charge in [0, 0.05) is 26.2 Å². The smallest absolute Gasteiger partial charge is 0.317 e. The van der Waals surface area contributed by atoms with Crippen LogP contribution in [0.4, 0.5) is 0 Å². The molecule has 0 aromatic heterocycles. The highest BCUT2D eigenvalue weighted by atomic mass is 16.5. The van der Waals surface area contributed by atoms with Crippen molar-refractivity contribution in [1.82, 2.24) is 9.80 Å². The number of para-hydroxylation sites is 1. The van der Waals surface area contributed by atoms with Crippen LogP contribution in [-0.4, -0.2) is 65.6 Å².